The Labute approximate surface area is 118 Å². The molecule has 0 aliphatic carbocycles. The van der Waals surface area contributed by atoms with Crippen LogP contribution in [-0.2, 0) is 6.54 Å². The molecule has 0 saturated carbocycles. The second kappa shape index (κ2) is 5.45. The fourth-order valence-corrected chi connectivity index (χ4v) is 4.47. The van der Waals surface area contributed by atoms with E-state index in [-0.39, 0.29) is 0 Å². The fourth-order valence-electron chi connectivity index (χ4n) is 3.46. The minimum Gasteiger partial charge on any atom is -0.302 e. The first-order chi connectivity index (χ1) is 8.74. The van der Waals surface area contributed by atoms with Crippen LogP contribution in [0.25, 0.3) is 0 Å². The molecule has 2 aliphatic heterocycles. The number of likely N-dealkylation sites (tertiary alicyclic amines) is 2. The van der Waals surface area contributed by atoms with E-state index in [1.807, 2.05) is 6.20 Å². The Morgan fingerprint density at radius 2 is 2.11 bits per heavy atom. The van der Waals surface area contributed by atoms with Crippen LogP contribution in [0.3, 0.4) is 0 Å². The molecule has 0 bridgehead atoms. The van der Waals surface area contributed by atoms with Crippen molar-refractivity contribution < 1.29 is 0 Å². The molecule has 1 aromatic rings. The van der Waals surface area contributed by atoms with Crippen molar-refractivity contribution in [2.45, 2.75) is 44.3 Å². The van der Waals surface area contributed by atoms with Crippen LogP contribution in [0.5, 0.6) is 0 Å². The summed E-state index contributed by atoms with van der Waals surface area (Å²) in [6, 6.07) is 1.49. The number of hydrogen-bond donors (Lipinski definition) is 0. The third kappa shape index (κ3) is 2.57. The lowest BCUT2D eigenvalue weighted by molar-refractivity contribution is 0.148. The minimum atomic E-state index is 0.665. The van der Waals surface area contributed by atoms with Gasteiger partial charge in [-0.2, -0.15) is 0 Å². The van der Waals surface area contributed by atoms with E-state index in [9.17, 15) is 0 Å². The molecule has 100 valence electrons. The van der Waals surface area contributed by atoms with Gasteiger partial charge >= 0.3 is 0 Å². The van der Waals surface area contributed by atoms with Crippen molar-refractivity contribution in [2.75, 3.05) is 20.1 Å². The monoisotopic (exact) mass is 285 g/mol. The van der Waals surface area contributed by atoms with E-state index in [1.165, 1.54) is 43.6 Å². The number of hydrogen-bond acceptors (Lipinski definition) is 4. The van der Waals surface area contributed by atoms with Crippen molar-refractivity contribution >= 4 is 22.9 Å². The van der Waals surface area contributed by atoms with Gasteiger partial charge in [0, 0.05) is 29.7 Å². The lowest BCUT2D eigenvalue weighted by atomic mass is 10.0. The van der Waals surface area contributed by atoms with Crippen LogP contribution < -0.4 is 0 Å². The minimum absolute atomic E-state index is 0.665. The highest BCUT2D eigenvalue weighted by Crippen LogP contribution is 2.31. The maximum Gasteiger partial charge on any atom is 0.183 e. The summed E-state index contributed by atoms with van der Waals surface area (Å²) >= 11 is 7.53. The fraction of sp³-hybridized carbons (Fsp3) is 0.769. The average Bonchev–Trinajstić information content (AvgIpc) is 3.02. The van der Waals surface area contributed by atoms with Crippen LogP contribution >= 0.6 is 22.9 Å². The number of halogens is 1. The van der Waals surface area contributed by atoms with Gasteiger partial charge in [0.25, 0.3) is 0 Å². The van der Waals surface area contributed by atoms with Crippen molar-refractivity contribution in [1.29, 1.82) is 0 Å². The van der Waals surface area contributed by atoms with E-state index < -0.39 is 0 Å². The molecule has 18 heavy (non-hydrogen) atoms. The topological polar surface area (TPSA) is 19.4 Å². The van der Waals surface area contributed by atoms with E-state index in [0.717, 1.165) is 18.6 Å². The van der Waals surface area contributed by atoms with E-state index in [0.29, 0.717) is 4.47 Å². The summed E-state index contributed by atoms with van der Waals surface area (Å²) in [5.74, 6) is 0. The summed E-state index contributed by atoms with van der Waals surface area (Å²) in [6.07, 6.45) is 7.34. The smallest absolute Gasteiger partial charge is 0.183 e. The highest BCUT2D eigenvalue weighted by molar-refractivity contribution is 7.15. The van der Waals surface area contributed by atoms with Gasteiger partial charge in [0.15, 0.2) is 4.47 Å². The zero-order valence-corrected chi connectivity index (χ0v) is 12.4. The summed E-state index contributed by atoms with van der Waals surface area (Å²) in [5, 5.41) is 0. The summed E-state index contributed by atoms with van der Waals surface area (Å²) < 4.78 is 0.665. The van der Waals surface area contributed by atoms with Crippen LogP contribution in [0.2, 0.25) is 4.47 Å². The number of aromatic nitrogens is 1. The number of rotatable bonds is 3. The first-order valence-corrected chi connectivity index (χ1v) is 7.98. The van der Waals surface area contributed by atoms with Crippen LogP contribution in [0.15, 0.2) is 6.20 Å². The Morgan fingerprint density at radius 1 is 1.33 bits per heavy atom. The van der Waals surface area contributed by atoms with Crippen LogP contribution in [0.4, 0.5) is 0 Å². The van der Waals surface area contributed by atoms with Gasteiger partial charge in [-0.1, -0.05) is 11.6 Å². The number of thiazole rings is 1. The van der Waals surface area contributed by atoms with Crippen molar-refractivity contribution in [3.63, 3.8) is 0 Å². The molecule has 0 spiro atoms. The van der Waals surface area contributed by atoms with E-state index in [4.69, 9.17) is 11.6 Å². The first-order valence-electron chi connectivity index (χ1n) is 6.78. The molecule has 2 saturated heterocycles. The van der Waals surface area contributed by atoms with Gasteiger partial charge in [-0.3, -0.25) is 4.90 Å². The van der Waals surface area contributed by atoms with Crippen LogP contribution in [0.1, 0.15) is 30.6 Å². The van der Waals surface area contributed by atoms with Crippen molar-refractivity contribution in [1.82, 2.24) is 14.8 Å². The van der Waals surface area contributed by atoms with Gasteiger partial charge < -0.3 is 4.90 Å². The standard InChI is InChI=1S/C13H20ClN3S/c1-16-6-2-4-11(16)12-5-3-7-17(12)9-10-8-15-13(14)18-10/h8,11-12H,2-7,9H2,1H3. The second-order valence-corrected chi connectivity index (χ2v) is 7.15. The molecule has 3 heterocycles. The Kier molecular flexibility index (Phi) is 3.89. The highest BCUT2D eigenvalue weighted by Gasteiger charge is 2.36. The molecule has 2 fully saturated rings. The molecule has 2 aliphatic rings. The molecule has 5 heteroatoms. The Bertz CT molecular complexity index is 409. The molecule has 3 nitrogen and oxygen atoms in total. The van der Waals surface area contributed by atoms with Gasteiger partial charge in [-0.15, -0.1) is 11.3 Å². The Hall–Kier alpha value is -0.160. The lowest BCUT2D eigenvalue weighted by Crippen LogP contribution is -2.44. The van der Waals surface area contributed by atoms with Gasteiger partial charge in [0.2, 0.25) is 0 Å². The molecule has 2 unspecified atom stereocenters. The van der Waals surface area contributed by atoms with Gasteiger partial charge in [0.1, 0.15) is 0 Å². The average molecular weight is 286 g/mol. The summed E-state index contributed by atoms with van der Waals surface area (Å²) in [5.41, 5.74) is 0. The molecule has 1 aromatic heterocycles. The predicted molar refractivity (Wildman–Crippen MR) is 76.2 cm³/mol. The molecule has 0 amide bonds. The van der Waals surface area contributed by atoms with E-state index >= 15 is 0 Å². The number of likely N-dealkylation sites (N-methyl/N-ethyl adjacent to an activating group) is 1. The molecule has 0 N–H and O–H groups in total. The van der Waals surface area contributed by atoms with Crippen molar-refractivity contribution in [3.05, 3.63) is 15.5 Å². The third-order valence-electron chi connectivity index (χ3n) is 4.32. The molecule has 3 rings (SSSR count). The summed E-state index contributed by atoms with van der Waals surface area (Å²) in [6.45, 7) is 3.52. The van der Waals surface area contributed by atoms with Crippen molar-refractivity contribution in [3.8, 4) is 0 Å². The third-order valence-corrected chi connectivity index (χ3v) is 5.42. The maximum atomic E-state index is 5.91. The predicted octanol–water partition coefficient (Wildman–Crippen LogP) is 2.86. The van der Waals surface area contributed by atoms with Crippen LogP contribution in [-0.4, -0.2) is 47.0 Å². The zero-order valence-electron chi connectivity index (χ0n) is 10.8. The number of nitrogens with zero attached hydrogens (tertiary/aromatic N) is 3. The highest BCUT2D eigenvalue weighted by atomic mass is 35.5. The molecular formula is C13H20ClN3S. The molecular weight excluding hydrogens is 266 g/mol. The van der Waals surface area contributed by atoms with Crippen molar-refractivity contribution in [2.24, 2.45) is 0 Å². The molecule has 0 radical (unpaired) electrons. The van der Waals surface area contributed by atoms with E-state index in [2.05, 4.69) is 21.8 Å². The van der Waals surface area contributed by atoms with Crippen LogP contribution in [0, 0.1) is 0 Å². The van der Waals surface area contributed by atoms with Gasteiger partial charge in [-0.05, 0) is 45.8 Å². The lowest BCUT2D eigenvalue weighted by Gasteiger charge is -2.32. The second-order valence-electron chi connectivity index (χ2n) is 5.45. The molecule has 0 aromatic carbocycles. The van der Waals surface area contributed by atoms with E-state index in [1.54, 1.807) is 11.3 Å². The summed E-state index contributed by atoms with van der Waals surface area (Å²) in [4.78, 5) is 10.6. The zero-order chi connectivity index (χ0) is 12.5. The normalized spacial score (nSPS) is 30.3. The largest absolute Gasteiger partial charge is 0.302 e. The molecule has 2 atom stereocenters. The SMILES string of the molecule is CN1CCCC1C1CCCN1Cc1cnc(Cl)s1. The Balaban J connectivity index is 1.67. The van der Waals surface area contributed by atoms with Gasteiger partial charge in [0.05, 0.1) is 0 Å². The van der Waals surface area contributed by atoms with Gasteiger partial charge in [-0.25, -0.2) is 4.98 Å². The Morgan fingerprint density at radius 3 is 2.78 bits per heavy atom. The quantitative estimate of drug-likeness (QED) is 0.851. The maximum absolute atomic E-state index is 5.91. The summed E-state index contributed by atoms with van der Waals surface area (Å²) in [7, 11) is 2.28. The first kappa shape index (κ1) is 12.9.